The minimum atomic E-state index is -0.431. The summed E-state index contributed by atoms with van der Waals surface area (Å²) in [6, 6.07) is 17.0. The van der Waals surface area contributed by atoms with E-state index >= 15 is 0 Å². The van der Waals surface area contributed by atoms with Gasteiger partial charge < -0.3 is 18.8 Å². The highest BCUT2D eigenvalue weighted by Crippen LogP contribution is 2.27. The number of hydrogen-bond donors (Lipinski definition) is 0. The van der Waals surface area contributed by atoms with Gasteiger partial charge in [-0.05, 0) is 42.0 Å². The van der Waals surface area contributed by atoms with Crippen LogP contribution in [0.4, 0.5) is 4.79 Å². The first-order chi connectivity index (χ1) is 14.0. The van der Waals surface area contributed by atoms with Crippen molar-refractivity contribution in [3.05, 3.63) is 76.5 Å². The van der Waals surface area contributed by atoms with Gasteiger partial charge in [-0.2, -0.15) is 0 Å². The van der Waals surface area contributed by atoms with Gasteiger partial charge >= 0.3 is 6.09 Å². The van der Waals surface area contributed by atoms with Gasteiger partial charge in [-0.1, -0.05) is 12.1 Å². The van der Waals surface area contributed by atoms with Crippen molar-refractivity contribution in [1.82, 2.24) is 9.88 Å². The first kappa shape index (κ1) is 18.5. The lowest BCUT2D eigenvalue weighted by Crippen LogP contribution is -2.25. The number of carbonyl (C=O) groups excluding carboxylic acids is 1. The van der Waals surface area contributed by atoms with Crippen molar-refractivity contribution < 1.29 is 18.7 Å². The van der Waals surface area contributed by atoms with E-state index in [1.165, 1.54) is 17.0 Å². The van der Waals surface area contributed by atoms with Crippen LogP contribution in [0.1, 0.15) is 5.56 Å². The molecule has 1 heterocycles. The van der Waals surface area contributed by atoms with Crippen molar-refractivity contribution in [2.24, 2.45) is 0 Å². The SMILES string of the molecule is CN(C)C(=O)Oc1ccc(COc2ccc3nc4ccc(=O)cc-4oc3c2)cc1. The van der Waals surface area contributed by atoms with Crippen LogP contribution >= 0.6 is 0 Å². The van der Waals surface area contributed by atoms with E-state index in [0.29, 0.717) is 40.7 Å². The van der Waals surface area contributed by atoms with E-state index in [0.717, 1.165) is 5.56 Å². The van der Waals surface area contributed by atoms with Gasteiger partial charge in [0, 0.05) is 26.2 Å². The van der Waals surface area contributed by atoms with E-state index in [1.54, 1.807) is 38.4 Å². The topological polar surface area (TPSA) is 81.9 Å². The minimum absolute atomic E-state index is 0.130. The smallest absolute Gasteiger partial charge is 0.414 e. The zero-order valence-corrected chi connectivity index (χ0v) is 15.9. The molecule has 0 bridgehead atoms. The molecule has 0 unspecified atom stereocenters. The second-order valence-corrected chi connectivity index (χ2v) is 6.67. The van der Waals surface area contributed by atoms with Gasteiger partial charge in [0.05, 0.1) is 0 Å². The second-order valence-electron chi connectivity index (χ2n) is 6.67. The average molecular weight is 390 g/mol. The predicted molar refractivity (Wildman–Crippen MR) is 107 cm³/mol. The summed E-state index contributed by atoms with van der Waals surface area (Å²) in [5.74, 6) is 1.52. The predicted octanol–water partition coefficient (Wildman–Crippen LogP) is 3.93. The van der Waals surface area contributed by atoms with E-state index in [4.69, 9.17) is 13.9 Å². The van der Waals surface area contributed by atoms with Crippen LogP contribution in [0.2, 0.25) is 0 Å². The van der Waals surface area contributed by atoms with Gasteiger partial charge in [0.2, 0.25) is 0 Å². The molecule has 7 heteroatoms. The Bertz CT molecular complexity index is 1200. The molecule has 2 aromatic carbocycles. The van der Waals surface area contributed by atoms with Crippen molar-refractivity contribution in [2.75, 3.05) is 14.1 Å². The molecular formula is C22H18N2O5. The molecule has 1 aliphatic carbocycles. The highest BCUT2D eigenvalue weighted by molar-refractivity contribution is 5.77. The van der Waals surface area contributed by atoms with Crippen LogP contribution in [-0.2, 0) is 6.61 Å². The Balaban J connectivity index is 1.48. The van der Waals surface area contributed by atoms with Gasteiger partial charge in [0.25, 0.3) is 0 Å². The lowest BCUT2D eigenvalue weighted by molar-refractivity contribution is 0.172. The summed E-state index contributed by atoms with van der Waals surface area (Å²) in [5.41, 5.74) is 2.62. The third kappa shape index (κ3) is 4.19. The second kappa shape index (κ2) is 7.63. The fourth-order valence-electron chi connectivity index (χ4n) is 2.69. The number of benzene rings is 3. The monoisotopic (exact) mass is 390 g/mol. The summed E-state index contributed by atoms with van der Waals surface area (Å²) in [6.07, 6.45) is -0.431. The summed E-state index contributed by atoms with van der Waals surface area (Å²) in [7, 11) is 3.25. The number of rotatable bonds is 4. The van der Waals surface area contributed by atoms with E-state index in [2.05, 4.69) is 4.98 Å². The fraction of sp³-hybridized carbons (Fsp3) is 0.136. The van der Waals surface area contributed by atoms with Gasteiger partial charge in [-0.15, -0.1) is 0 Å². The maximum atomic E-state index is 11.6. The molecule has 29 heavy (non-hydrogen) atoms. The third-order valence-electron chi connectivity index (χ3n) is 4.22. The van der Waals surface area contributed by atoms with Crippen LogP contribution in [0, 0.1) is 0 Å². The zero-order chi connectivity index (χ0) is 20.4. The molecule has 0 N–H and O–H groups in total. The Labute approximate surface area is 166 Å². The van der Waals surface area contributed by atoms with E-state index in [9.17, 15) is 9.59 Å². The molecular weight excluding hydrogens is 372 g/mol. The van der Waals surface area contributed by atoms with E-state index in [1.807, 2.05) is 24.3 Å². The van der Waals surface area contributed by atoms with Gasteiger partial charge in [0.15, 0.2) is 16.8 Å². The van der Waals surface area contributed by atoms with Crippen LogP contribution in [-0.4, -0.2) is 30.1 Å². The van der Waals surface area contributed by atoms with Gasteiger partial charge in [-0.3, -0.25) is 4.79 Å². The Morgan fingerprint density at radius 1 is 1.00 bits per heavy atom. The Kier molecular flexibility index (Phi) is 4.87. The molecule has 2 aliphatic rings. The molecule has 0 aromatic heterocycles. The summed E-state index contributed by atoms with van der Waals surface area (Å²) in [6.45, 7) is 0.332. The van der Waals surface area contributed by atoms with Crippen molar-refractivity contribution in [3.63, 3.8) is 0 Å². The lowest BCUT2D eigenvalue weighted by Gasteiger charge is -2.11. The van der Waals surface area contributed by atoms with Crippen LogP contribution in [0.5, 0.6) is 11.5 Å². The molecule has 1 amide bonds. The van der Waals surface area contributed by atoms with Crippen LogP contribution < -0.4 is 14.9 Å². The van der Waals surface area contributed by atoms with Crippen molar-refractivity contribution in [1.29, 1.82) is 0 Å². The molecule has 2 aromatic rings. The molecule has 0 atom stereocenters. The number of ether oxygens (including phenoxy) is 2. The largest absolute Gasteiger partial charge is 0.489 e. The fourth-order valence-corrected chi connectivity index (χ4v) is 2.69. The molecule has 0 saturated carbocycles. The van der Waals surface area contributed by atoms with E-state index < -0.39 is 6.09 Å². The average Bonchev–Trinajstić information content (AvgIpc) is 2.71. The van der Waals surface area contributed by atoms with Crippen molar-refractivity contribution >= 4 is 17.2 Å². The molecule has 0 saturated heterocycles. The number of carbonyl (C=O) groups is 1. The first-order valence-corrected chi connectivity index (χ1v) is 8.93. The first-order valence-electron chi connectivity index (χ1n) is 8.93. The summed E-state index contributed by atoms with van der Waals surface area (Å²) in [5, 5.41) is 0. The summed E-state index contributed by atoms with van der Waals surface area (Å²) in [4.78, 5) is 28.9. The maximum Gasteiger partial charge on any atom is 0.414 e. The number of nitrogens with zero attached hydrogens (tertiary/aromatic N) is 2. The third-order valence-corrected chi connectivity index (χ3v) is 4.22. The molecule has 146 valence electrons. The molecule has 0 fully saturated rings. The molecule has 1 aliphatic heterocycles. The maximum absolute atomic E-state index is 11.6. The number of amides is 1. The number of fused-ring (bicyclic) bond motifs is 2. The van der Waals surface area contributed by atoms with Crippen LogP contribution in [0.15, 0.2) is 69.9 Å². The molecule has 7 nitrogen and oxygen atoms in total. The lowest BCUT2D eigenvalue weighted by atomic mass is 10.2. The molecule has 0 spiro atoms. The van der Waals surface area contributed by atoms with Crippen molar-refractivity contribution in [3.8, 4) is 23.0 Å². The quantitative estimate of drug-likeness (QED) is 0.491. The number of hydrogen-bond acceptors (Lipinski definition) is 6. The normalized spacial score (nSPS) is 10.8. The minimum Gasteiger partial charge on any atom is -0.489 e. The summed E-state index contributed by atoms with van der Waals surface area (Å²) >= 11 is 0. The molecule has 0 radical (unpaired) electrons. The summed E-state index contributed by atoms with van der Waals surface area (Å²) < 4.78 is 16.8. The zero-order valence-electron chi connectivity index (χ0n) is 15.9. The van der Waals surface area contributed by atoms with Crippen molar-refractivity contribution in [2.45, 2.75) is 6.61 Å². The Morgan fingerprint density at radius 2 is 1.76 bits per heavy atom. The van der Waals surface area contributed by atoms with Crippen LogP contribution in [0.25, 0.3) is 22.6 Å². The highest BCUT2D eigenvalue weighted by atomic mass is 16.6. The standard InChI is InChI=1S/C22H18N2O5/c1-24(2)22(26)28-16-6-3-14(4-7-16)13-27-17-8-10-19-21(12-17)29-20-11-15(25)5-9-18(20)23-19/h3-12H,13H2,1-2H3. The Morgan fingerprint density at radius 3 is 2.52 bits per heavy atom. The van der Waals surface area contributed by atoms with Gasteiger partial charge in [0.1, 0.15) is 29.3 Å². The highest BCUT2D eigenvalue weighted by Gasteiger charge is 2.10. The number of aromatic nitrogens is 1. The van der Waals surface area contributed by atoms with Gasteiger partial charge in [-0.25, -0.2) is 9.78 Å². The Hall–Kier alpha value is -3.87. The van der Waals surface area contributed by atoms with Crippen LogP contribution in [0.3, 0.4) is 0 Å². The van der Waals surface area contributed by atoms with E-state index in [-0.39, 0.29) is 5.43 Å². The molecule has 4 rings (SSSR count).